The average molecular weight is 433 g/mol. The Bertz CT molecular complexity index is 973. The van der Waals surface area contributed by atoms with Crippen molar-refractivity contribution in [2.24, 2.45) is 0 Å². The molecule has 1 saturated heterocycles. The van der Waals surface area contributed by atoms with E-state index in [0.717, 1.165) is 54.1 Å². The van der Waals surface area contributed by atoms with Crippen LogP contribution in [-0.4, -0.2) is 40.6 Å². The molecule has 29 heavy (non-hydrogen) atoms. The fraction of sp³-hybridized carbons (Fsp3) is 0.524. The van der Waals surface area contributed by atoms with Gasteiger partial charge in [0.15, 0.2) is 5.15 Å². The third-order valence-corrected chi connectivity index (χ3v) is 7.33. The molecule has 1 unspecified atom stereocenters. The Morgan fingerprint density at radius 3 is 2.90 bits per heavy atom. The minimum absolute atomic E-state index is 0.0256. The summed E-state index contributed by atoms with van der Waals surface area (Å²) in [7, 11) is -1.10. The second-order valence-corrected chi connectivity index (χ2v) is 14.9. The van der Waals surface area contributed by atoms with Crippen LogP contribution in [0.25, 0.3) is 22.0 Å². The largest absolute Gasteiger partial charge is 0.361 e. The van der Waals surface area contributed by atoms with Crippen LogP contribution in [0.2, 0.25) is 30.8 Å². The third-order valence-electron chi connectivity index (χ3n) is 5.35. The summed E-state index contributed by atoms with van der Waals surface area (Å²) in [5.41, 5.74) is 2.94. The van der Waals surface area contributed by atoms with Crippen molar-refractivity contribution >= 4 is 30.6 Å². The van der Waals surface area contributed by atoms with Crippen molar-refractivity contribution in [1.29, 1.82) is 0 Å². The van der Waals surface area contributed by atoms with Crippen LogP contribution in [0.1, 0.15) is 25.5 Å². The number of pyridine rings is 1. The maximum Gasteiger partial charge on any atom is 0.153 e. The van der Waals surface area contributed by atoms with E-state index in [1.165, 1.54) is 6.42 Å². The van der Waals surface area contributed by atoms with Crippen LogP contribution in [-0.2, 0) is 16.2 Å². The van der Waals surface area contributed by atoms with Crippen molar-refractivity contribution in [2.45, 2.75) is 57.9 Å². The predicted molar refractivity (Wildman–Crippen MR) is 119 cm³/mol. The molecule has 0 saturated carbocycles. The zero-order valence-corrected chi connectivity index (χ0v) is 19.2. The fourth-order valence-electron chi connectivity index (χ4n) is 3.62. The first-order chi connectivity index (χ1) is 13.9. The van der Waals surface area contributed by atoms with Gasteiger partial charge >= 0.3 is 0 Å². The van der Waals surface area contributed by atoms with Crippen molar-refractivity contribution in [3.8, 4) is 11.1 Å². The highest BCUT2D eigenvalue weighted by molar-refractivity contribution is 6.76. The number of fused-ring (bicyclic) bond motifs is 1. The van der Waals surface area contributed by atoms with Crippen molar-refractivity contribution in [2.75, 3.05) is 13.2 Å². The van der Waals surface area contributed by atoms with E-state index in [1.54, 1.807) is 0 Å². The van der Waals surface area contributed by atoms with Gasteiger partial charge in [-0.15, -0.1) is 0 Å². The third kappa shape index (κ3) is 4.74. The van der Waals surface area contributed by atoms with Crippen LogP contribution in [0.5, 0.6) is 0 Å². The molecule has 3 aromatic heterocycles. The maximum atomic E-state index is 6.45. The molecule has 6 nitrogen and oxygen atoms in total. The van der Waals surface area contributed by atoms with E-state index < -0.39 is 8.07 Å². The smallest absolute Gasteiger partial charge is 0.153 e. The van der Waals surface area contributed by atoms with Crippen LogP contribution in [0, 0.1) is 0 Å². The number of ether oxygens (including phenoxy) is 2. The monoisotopic (exact) mass is 432 g/mol. The molecule has 156 valence electrons. The molecule has 4 rings (SSSR count). The zero-order valence-electron chi connectivity index (χ0n) is 17.4. The zero-order chi connectivity index (χ0) is 20.4. The van der Waals surface area contributed by atoms with Crippen LogP contribution >= 0.6 is 11.6 Å². The lowest BCUT2D eigenvalue weighted by Crippen LogP contribution is -2.21. The van der Waals surface area contributed by atoms with Crippen LogP contribution < -0.4 is 0 Å². The number of aromatic nitrogens is 4. The number of hydrogen-bond acceptors (Lipinski definition) is 4. The second kappa shape index (κ2) is 8.59. The van der Waals surface area contributed by atoms with Gasteiger partial charge in [0.2, 0.25) is 0 Å². The number of hydrogen-bond donors (Lipinski definition) is 0. The van der Waals surface area contributed by atoms with Gasteiger partial charge in [0.25, 0.3) is 0 Å². The van der Waals surface area contributed by atoms with Crippen molar-refractivity contribution in [3.05, 3.63) is 36.0 Å². The van der Waals surface area contributed by atoms with E-state index in [1.807, 2.05) is 34.0 Å². The van der Waals surface area contributed by atoms with E-state index >= 15 is 0 Å². The van der Waals surface area contributed by atoms with Gasteiger partial charge in [-0.1, -0.05) is 31.2 Å². The van der Waals surface area contributed by atoms with Gasteiger partial charge in [0.1, 0.15) is 13.0 Å². The number of nitrogens with zero attached hydrogens (tertiary/aromatic N) is 4. The predicted octanol–water partition coefficient (Wildman–Crippen LogP) is 5.56. The van der Waals surface area contributed by atoms with Crippen molar-refractivity contribution in [1.82, 2.24) is 19.3 Å². The maximum absolute atomic E-state index is 6.45. The highest BCUT2D eigenvalue weighted by Crippen LogP contribution is 2.33. The van der Waals surface area contributed by atoms with Crippen LogP contribution in [0.15, 0.2) is 30.9 Å². The Morgan fingerprint density at radius 2 is 2.14 bits per heavy atom. The fourth-order valence-corrected chi connectivity index (χ4v) is 4.63. The summed E-state index contributed by atoms with van der Waals surface area (Å²) in [6.45, 7) is 9.11. The highest BCUT2D eigenvalue weighted by atomic mass is 35.5. The summed E-state index contributed by atoms with van der Waals surface area (Å²) in [6.07, 6.45) is 11.1. The van der Waals surface area contributed by atoms with Gasteiger partial charge < -0.3 is 14.0 Å². The van der Waals surface area contributed by atoms with E-state index in [0.29, 0.717) is 11.9 Å². The number of rotatable bonds is 7. The molecular weight excluding hydrogens is 404 g/mol. The molecule has 8 heteroatoms. The van der Waals surface area contributed by atoms with Crippen molar-refractivity contribution < 1.29 is 9.47 Å². The Labute approximate surface area is 177 Å². The molecule has 0 radical (unpaired) electrons. The molecule has 0 bridgehead atoms. The normalized spacial score (nSPS) is 17.9. The summed E-state index contributed by atoms with van der Waals surface area (Å²) in [5, 5.41) is 6.09. The summed E-state index contributed by atoms with van der Waals surface area (Å²) < 4.78 is 15.7. The Hall–Kier alpha value is -1.67. The summed E-state index contributed by atoms with van der Waals surface area (Å²) in [6, 6.07) is 3.22. The Morgan fingerprint density at radius 1 is 1.28 bits per heavy atom. The first kappa shape index (κ1) is 20.6. The molecular formula is C21H29ClN4O2Si. The topological polar surface area (TPSA) is 54.1 Å². The molecule has 0 N–H and O–H groups in total. The van der Waals surface area contributed by atoms with Crippen molar-refractivity contribution in [3.63, 3.8) is 0 Å². The summed E-state index contributed by atoms with van der Waals surface area (Å²) in [5.74, 6) is 0. The summed E-state index contributed by atoms with van der Waals surface area (Å²) >= 11 is 6.45. The molecule has 3 aromatic rings. The SMILES string of the molecule is C[Si](C)(C)CCOCn1ccc2c(-c3cnn(C4CCCCO4)c3)cnc(Cl)c21. The van der Waals surface area contributed by atoms with E-state index in [4.69, 9.17) is 21.1 Å². The quantitative estimate of drug-likeness (QED) is 0.278. The minimum atomic E-state index is -1.10. The Kier molecular flexibility index (Phi) is 6.10. The Balaban J connectivity index is 1.56. The standard InChI is InChI=1S/C21H29ClN4O2Si/c1-29(2,3)11-10-27-15-25-8-7-17-18(13-23-21(22)20(17)25)16-12-24-26(14-16)19-6-4-5-9-28-19/h7-8,12-14,19H,4-6,9-11,15H2,1-3H3. The molecule has 1 atom stereocenters. The molecule has 0 amide bonds. The van der Waals surface area contributed by atoms with Gasteiger partial charge in [0.05, 0.1) is 11.7 Å². The van der Waals surface area contributed by atoms with Gasteiger partial charge in [-0.25, -0.2) is 9.67 Å². The molecule has 0 aliphatic carbocycles. The molecule has 1 fully saturated rings. The van der Waals surface area contributed by atoms with Crippen LogP contribution in [0.3, 0.4) is 0 Å². The first-order valence-electron chi connectivity index (χ1n) is 10.3. The van der Waals surface area contributed by atoms with Gasteiger partial charge in [-0.05, 0) is 31.4 Å². The van der Waals surface area contributed by atoms with Gasteiger partial charge in [-0.2, -0.15) is 5.10 Å². The average Bonchev–Trinajstić information content (AvgIpc) is 3.34. The van der Waals surface area contributed by atoms with Crippen LogP contribution in [0.4, 0.5) is 0 Å². The molecule has 0 spiro atoms. The number of halogens is 1. The van der Waals surface area contributed by atoms with Gasteiger partial charge in [0, 0.05) is 56.4 Å². The van der Waals surface area contributed by atoms with E-state index in [2.05, 4.69) is 35.8 Å². The lowest BCUT2D eigenvalue weighted by Gasteiger charge is -2.22. The molecule has 1 aliphatic heterocycles. The molecule has 1 aliphatic rings. The lowest BCUT2D eigenvalue weighted by molar-refractivity contribution is -0.0394. The lowest BCUT2D eigenvalue weighted by atomic mass is 10.1. The first-order valence-corrected chi connectivity index (χ1v) is 14.4. The summed E-state index contributed by atoms with van der Waals surface area (Å²) in [4.78, 5) is 4.43. The van der Waals surface area contributed by atoms with E-state index in [-0.39, 0.29) is 6.23 Å². The minimum Gasteiger partial charge on any atom is -0.361 e. The molecule has 0 aromatic carbocycles. The molecule has 4 heterocycles. The van der Waals surface area contributed by atoms with E-state index in [9.17, 15) is 0 Å². The van der Waals surface area contributed by atoms with Gasteiger partial charge in [-0.3, -0.25) is 0 Å². The second-order valence-electron chi connectivity index (χ2n) is 8.89. The highest BCUT2D eigenvalue weighted by Gasteiger charge is 2.19.